The summed E-state index contributed by atoms with van der Waals surface area (Å²) in [4.78, 5) is 7.11. The van der Waals surface area contributed by atoms with Crippen LogP contribution < -0.4 is 10.2 Å². The van der Waals surface area contributed by atoms with Gasteiger partial charge in [-0.05, 0) is 32.2 Å². The number of nitrogens with zero attached hydrogens (tertiary/aromatic N) is 4. The molecule has 24 heavy (non-hydrogen) atoms. The van der Waals surface area contributed by atoms with Crippen molar-refractivity contribution < 1.29 is 5.11 Å². The molecule has 6 nitrogen and oxygen atoms in total. The first-order valence-corrected chi connectivity index (χ1v) is 9.18. The highest BCUT2D eigenvalue weighted by atomic mass is 16.3. The smallest absolute Gasteiger partial charge is 0.157 e. The van der Waals surface area contributed by atoms with E-state index in [9.17, 15) is 5.11 Å². The Labute approximate surface area is 142 Å². The van der Waals surface area contributed by atoms with E-state index in [0.29, 0.717) is 6.04 Å². The molecule has 0 spiro atoms. The maximum Gasteiger partial charge on any atom is 0.157 e. The minimum Gasteiger partial charge on any atom is -0.396 e. The molecule has 0 amide bonds. The lowest BCUT2D eigenvalue weighted by atomic mass is 9.71. The Morgan fingerprint density at radius 1 is 1.46 bits per heavy atom. The molecule has 2 atom stereocenters. The van der Waals surface area contributed by atoms with E-state index in [1.807, 2.05) is 16.8 Å². The van der Waals surface area contributed by atoms with Crippen LogP contribution in [0.5, 0.6) is 0 Å². The molecule has 2 aromatic rings. The van der Waals surface area contributed by atoms with Gasteiger partial charge in [-0.2, -0.15) is 9.61 Å². The lowest BCUT2D eigenvalue weighted by molar-refractivity contribution is 0.0402. The number of hydrogen-bond acceptors (Lipinski definition) is 5. The van der Waals surface area contributed by atoms with Gasteiger partial charge in [0.2, 0.25) is 0 Å². The second-order valence-electron chi connectivity index (χ2n) is 7.30. The van der Waals surface area contributed by atoms with E-state index in [1.165, 1.54) is 0 Å². The normalized spacial score (nSPS) is 27.4. The van der Waals surface area contributed by atoms with Crippen molar-refractivity contribution in [1.82, 2.24) is 19.9 Å². The number of aryl methyl sites for hydroxylation is 1. The molecule has 130 valence electrons. The predicted octanol–water partition coefficient (Wildman–Crippen LogP) is 1.62. The van der Waals surface area contributed by atoms with Crippen LogP contribution in [-0.4, -0.2) is 52.0 Å². The molecule has 2 aliphatic heterocycles. The summed E-state index contributed by atoms with van der Waals surface area (Å²) in [6.07, 6.45) is 7.18. The first-order valence-electron chi connectivity index (χ1n) is 9.18. The van der Waals surface area contributed by atoms with Crippen LogP contribution in [0.15, 0.2) is 18.3 Å². The fourth-order valence-electron chi connectivity index (χ4n) is 4.44. The van der Waals surface area contributed by atoms with Crippen molar-refractivity contribution >= 4 is 11.5 Å². The molecule has 4 rings (SSSR count). The molecule has 0 radical (unpaired) electrons. The molecular formula is C18H27N5O. The van der Waals surface area contributed by atoms with Gasteiger partial charge in [0.15, 0.2) is 5.65 Å². The SMILES string of the molecule is CCCc1cc(N2CC[C@H]3NCCC[C@]3(CO)C2)n2nccc2n1. The number of rotatable bonds is 4. The van der Waals surface area contributed by atoms with Crippen molar-refractivity contribution in [1.29, 1.82) is 0 Å². The summed E-state index contributed by atoms with van der Waals surface area (Å²) in [6.45, 7) is 5.37. The van der Waals surface area contributed by atoms with Gasteiger partial charge < -0.3 is 15.3 Å². The van der Waals surface area contributed by atoms with Crippen molar-refractivity contribution in [2.24, 2.45) is 5.41 Å². The predicted molar refractivity (Wildman–Crippen MR) is 94.4 cm³/mol. The fourth-order valence-corrected chi connectivity index (χ4v) is 4.44. The zero-order chi connectivity index (χ0) is 16.6. The highest BCUT2D eigenvalue weighted by molar-refractivity contribution is 5.51. The van der Waals surface area contributed by atoms with Crippen molar-refractivity contribution in [2.45, 2.75) is 45.1 Å². The van der Waals surface area contributed by atoms with Gasteiger partial charge in [0, 0.05) is 42.4 Å². The van der Waals surface area contributed by atoms with Crippen LogP contribution in [0.4, 0.5) is 5.82 Å². The van der Waals surface area contributed by atoms with Gasteiger partial charge in [-0.3, -0.25) is 0 Å². The third-order valence-corrected chi connectivity index (χ3v) is 5.71. The number of aromatic nitrogens is 3. The van der Waals surface area contributed by atoms with Crippen molar-refractivity contribution in [3.8, 4) is 0 Å². The Morgan fingerprint density at radius 3 is 3.21 bits per heavy atom. The number of aliphatic hydroxyl groups is 1. The molecule has 0 bridgehead atoms. The molecule has 4 heterocycles. The summed E-state index contributed by atoms with van der Waals surface area (Å²) in [6, 6.07) is 4.59. The maximum atomic E-state index is 10.2. The summed E-state index contributed by atoms with van der Waals surface area (Å²) in [7, 11) is 0. The summed E-state index contributed by atoms with van der Waals surface area (Å²) in [5.74, 6) is 1.12. The largest absolute Gasteiger partial charge is 0.396 e. The van der Waals surface area contributed by atoms with Crippen LogP contribution in [0, 0.1) is 5.41 Å². The molecule has 0 saturated carbocycles. The molecule has 0 unspecified atom stereocenters. The maximum absolute atomic E-state index is 10.2. The zero-order valence-electron chi connectivity index (χ0n) is 14.4. The third kappa shape index (κ3) is 2.58. The topological polar surface area (TPSA) is 65.7 Å². The first-order chi connectivity index (χ1) is 11.8. The Balaban J connectivity index is 1.70. The molecule has 2 N–H and O–H groups in total. The third-order valence-electron chi connectivity index (χ3n) is 5.71. The van der Waals surface area contributed by atoms with Gasteiger partial charge in [0.25, 0.3) is 0 Å². The summed E-state index contributed by atoms with van der Waals surface area (Å²) in [5.41, 5.74) is 2.00. The molecule has 6 heteroatoms. The van der Waals surface area contributed by atoms with E-state index in [4.69, 9.17) is 4.98 Å². The number of hydrogen-bond donors (Lipinski definition) is 2. The minimum absolute atomic E-state index is 0.0375. The van der Waals surface area contributed by atoms with Crippen molar-refractivity contribution in [3.05, 3.63) is 24.0 Å². The highest BCUT2D eigenvalue weighted by Crippen LogP contribution is 2.38. The van der Waals surface area contributed by atoms with E-state index < -0.39 is 0 Å². The lowest BCUT2D eigenvalue weighted by Gasteiger charge is -2.51. The van der Waals surface area contributed by atoms with Gasteiger partial charge >= 0.3 is 0 Å². The van der Waals surface area contributed by atoms with E-state index >= 15 is 0 Å². The quantitative estimate of drug-likeness (QED) is 0.892. The van der Waals surface area contributed by atoms with E-state index in [1.54, 1.807) is 0 Å². The Bertz CT molecular complexity index is 714. The molecule has 0 aliphatic carbocycles. The van der Waals surface area contributed by atoms with Gasteiger partial charge in [-0.25, -0.2) is 4.98 Å². The monoisotopic (exact) mass is 329 g/mol. The van der Waals surface area contributed by atoms with Crippen LogP contribution in [0.2, 0.25) is 0 Å². The second-order valence-corrected chi connectivity index (χ2v) is 7.30. The summed E-state index contributed by atoms with van der Waals surface area (Å²) >= 11 is 0. The van der Waals surface area contributed by atoms with E-state index in [0.717, 1.165) is 68.9 Å². The fraction of sp³-hybridized carbons (Fsp3) is 0.667. The summed E-state index contributed by atoms with van der Waals surface area (Å²) in [5, 5.41) is 18.3. The molecular weight excluding hydrogens is 302 g/mol. The van der Waals surface area contributed by atoms with E-state index in [-0.39, 0.29) is 12.0 Å². The molecule has 2 aromatic heterocycles. The molecule has 0 aromatic carbocycles. The number of fused-ring (bicyclic) bond motifs is 2. The number of anilines is 1. The average molecular weight is 329 g/mol. The Kier molecular flexibility index (Phi) is 4.18. The van der Waals surface area contributed by atoms with Crippen LogP contribution in [-0.2, 0) is 6.42 Å². The zero-order valence-corrected chi connectivity index (χ0v) is 14.4. The highest BCUT2D eigenvalue weighted by Gasteiger charge is 2.44. The van der Waals surface area contributed by atoms with Crippen LogP contribution in [0.1, 0.15) is 38.3 Å². The molecule has 2 fully saturated rings. The van der Waals surface area contributed by atoms with Crippen molar-refractivity contribution in [2.75, 3.05) is 31.1 Å². The molecule has 2 saturated heterocycles. The lowest BCUT2D eigenvalue weighted by Crippen LogP contribution is -2.61. The number of piperidine rings is 2. The number of aliphatic hydroxyl groups excluding tert-OH is 1. The van der Waals surface area contributed by atoms with Crippen LogP contribution in [0.25, 0.3) is 5.65 Å². The summed E-state index contributed by atoms with van der Waals surface area (Å²) < 4.78 is 1.95. The first kappa shape index (κ1) is 15.8. The standard InChI is InChI=1S/C18H27N5O/c1-2-4-14-11-17(23-16(21-14)5-9-20-23)22-10-6-15-18(12-22,13-24)7-3-8-19-15/h5,9,11,15,19,24H,2-4,6-8,10,12-13H2,1H3/t15-,18-/m1/s1. The average Bonchev–Trinajstić information content (AvgIpc) is 3.09. The Hall–Kier alpha value is -1.66. The number of nitrogens with one attached hydrogen (secondary N) is 1. The molecule has 2 aliphatic rings. The minimum atomic E-state index is -0.0375. The second kappa shape index (κ2) is 6.33. The van der Waals surface area contributed by atoms with Gasteiger partial charge in [-0.15, -0.1) is 0 Å². The van der Waals surface area contributed by atoms with Gasteiger partial charge in [0.05, 0.1) is 12.8 Å². The van der Waals surface area contributed by atoms with E-state index in [2.05, 4.69) is 28.3 Å². The van der Waals surface area contributed by atoms with Crippen LogP contribution in [0.3, 0.4) is 0 Å². The van der Waals surface area contributed by atoms with Crippen molar-refractivity contribution in [3.63, 3.8) is 0 Å². The van der Waals surface area contributed by atoms with Gasteiger partial charge in [-0.1, -0.05) is 13.3 Å². The van der Waals surface area contributed by atoms with Crippen LogP contribution >= 0.6 is 0 Å². The van der Waals surface area contributed by atoms with Gasteiger partial charge in [0.1, 0.15) is 5.82 Å². The Morgan fingerprint density at radius 2 is 2.38 bits per heavy atom.